The zero-order valence-electron chi connectivity index (χ0n) is 11.7. The number of tetrazole rings is 1. The third-order valence-electron chi connectivity index (χ3n) is 3.11. The summed E-state index contributed by atoms with van der Waals surface area (Å²) in [5.41, 5.74) is 6.16. The van der Waals surface area contributed by atoms with Crippen LogP contribution >= 0.6 is 0 Å². The number of carbonyl (C=O) groups excluding carboxylic acids is 1. The van der Waals surface area contributed by atoms with E-state index in [0.717, 1.165) is 11.3 Å². The van der Waals surface area contributed by atoms with Crippen LogP contribution in [-0.2, 0) is 10.3 Å². The molecule has 0 aliphatic carbocycles. The van der Waals surface area contributed by atoms with Crippen LogP contribution in [0.3, 0.4) is 0 Å². The van der Waals surface area contributed by atoms with Crippen molar-refractivity contribution in [3.8, 4) is 5.69 Å². The van der Waals surface area contributed by atoms with Crippen LogP contribution in [0, 0.1) is 0 Å². The van der Waals surface area contributed by atoms with E-state index in [1.165, 1.54) is 11.0 Å². The van der Waals surface area contributed by atoms with Crippen molar-refractivity contribution in [2.45, 2.75) is 32.4 Å². The summed E-state index contributed by atoms with van der Waals surface area (Å²) >= 11 is 0. The average molecular weight is 274 g/mol. The predicted octanol–water partition coefficient (Wildman–Crippen LogP) is 0.361. The van der Waals surface area contributed by atoms with Gasteiger partial charge in [-0.25, -0.2) is 4.68 Å². The molecule has 0 saturated carbocycles. The van der Waals surface area contributed by atoms with E-state index in [4.69, 9.17) is 5.73 Å². The highest BCUT2D eigenvalue weighted by atomic mass is 16.1. The van der Waals surface area contributed by atoms with E-state index in [9.17, 15) is 4.79 Å². The van der Waals surface area contributed by atoms with Gasteiger partial charge in [0.05, 0.1) is 5.69 Å². The monoisotopic (exact) mass is 274 g/mol. The van der Waals surface area contributed by atoms with Crippen molar-refractivity contribution >= 4 is 5.91 Å². The number of nitrogens with one attached hydrogen (secondary N) is 1. The topological polar surface area (TPSA) is 98.7 Å². The number of rotatable bonds is 5. The Morgan fingerprint density at radius 2 is 2.20 bits per heavy atom. The van der Waals surface area contributed by atoms with Crippen LogP contribution in [0.25, 0.3) is 5.69 Å². The maximum atomic E-state index is 11.9. The van der Waals surface area contributed by atoms with E-state index >= 15 is 0 Å². The van der Waals surface area contributed by atoms with E-state index in [-0.39, 0.29) is 6.04 Å². The molecule has 0 aliphatic heterocycles. The summed E-state index contributed by atoms with van der Waals surface area (Å²) in [4.78, 5) is 11.9. The van der Waals surface area contributed by atoms with Crippen LogP contribution in [-0.4, -0.2) is 32.2 Å². The van der Waals surface area contributed by atoms with Gasteiger partial charge in [-0.15, -0.1) is 5.10 Å². The molecule has 2 rings (SSSR count). The van der Waals surface area contributed by atoms with Crippen molar-refractivity contribution in [3.05, 3.63) is 36.2 Å². The molecular formula is C13H18N6O. The maximum Gasteiger partial charge on any atom is 0.242 e. The van der Waals surface area contributed by atoms with E-state index in [0.29, 0.717) is 0 Å². The van der Waals surface area contributed by atoms with E-state index in [2.05, 4.69) is 20.8 Å². The molecule has 7 heteroatoms. The van der Waals surface area contributed by atoms with Crippen molar-refractivity contribution in [2.75, 3.05) is 0 Å². The lowest BCUT2D eigenvalue weighted by Gasteiger charge is -2.30. The lowest BCUT2D eigenvalue weighted by molar-refractivity contribution is -0.124. The van der Waals surface area contributed by atoms with Crippen LogP contribution in [0.5, 0.6) is 0 Å². The maximum absolute atomic E-state index is 11.9. The number of aromatic nitrogens is 4. The van der Waals surface area contributed by atoms with Crippen molar-refractivity contribution in [1.82, 2.24) is 25.5 Å². The lowest BCUT2D eigenvalue weighted by atomic mass is 9.90. The molecule has 0 aliphatic rings. The summed E-state index contributed by atoms with van der Waals surface area (Å²) < 4.78 is 1.53. The number of carbonyl (C=O) groups is 1. The lowest BCUT2D eigenvalue weighted by Crippen LogP contribution is -2.52. The number of amides is 1. The number of hydrogen-bond acceptors (Lipinski definition) is 5. The third kappa shape index (κ3) is 2.67. The SMILES string of the molecule is CC(C)NC(C)(C(N)=O)c1cccc(-n2cnnn2)c1. The Morgan fingerprint density at radius 1 is 1.45 bits per heavy atom. The zero-order valence-corrected chi connectivity index (χ0v) is 11.7. The summed E-state index contributed by atoms with van der Waals surface area (Å²) in [6, 6.07) is 7.51. The first-order chi connectivity index (χ1) is 9.43. The highest BCUT2D eigenvalue weighted by Crippen LogP contribution is 2.23. The molecule has 1 unspecified atom stereocenters. The van der Waals surface area contributed by atoms with Gasteiger partial charge in [-0.3, -0.25) is 10.1 Å². The molecule has 0 saturated heterocycles. The number of nitrogens with two attached hydrogens (primary N) is 1. The smallest absolute Gasteiger partial charge is 0.242 e. The van der Waals surface area contributed by atoms with Crippen LogP contribution in [0.4, 0.5) is 0 Å². The van der Waals surface area contributed by atoms with Crippen LogP contribution in [0.15, 0.2) is 30.6 Å². The van der Waals surface area contributed by atoms with Gasteiger partial charge in [-0.05, 0) is 48.9 Å². The minimum Gasteiger partial charge on any atom is -0.368 e. The van der Waals surface area contributed by atoms with E-state index in [1.54, 1.807) is 6.92 Å². The van der Waals surface area contributed by atoms with Gasteiger partial charge in [-0.1, -0.05) is 12.1 Å². The fourth-order valence-electron chi connectivity index (χ4n) is 2.11. The fraction of sp³-hybridized carbons (Fsp3) is 0.385. The third-order valence-corrected chi connectivity index (χ3v) is 3.11. The van der Waals surface area contributed by atoms with E-state index < -0.39 is 11.4 Å². The van der Waals surface area contributed by atoms with Gasteiger partial charge in [-0.2, -0.15) is 0 Å². The second-order valence-corrected chi connectivity index (χ2v) is 5.09. The molecule has 0 fully saturated rings. The first-order valence-electron chi connectivity index (χ1n) is 6.35. The molecule has 1 atom stereocenters. The van der Waals surface area contributed by atoms with Crippen LogP contribution in [0.2, 0.25) is 0 Å². The number of primary amides is 1. The van der Waals surface area contributed by atoms with Crippen molar-refractivity contribution < 1.29 is 4.79 Å². The Morgan fingerprint density at radius 3 is 2.75 bits per heavy atom. The highest BCUT2D eigenvalue weighted by Gasteiger charge is 2.33. The Balaban J connectivity index is 2.45. The molecule has 2 aromatic rings. The largest absolute Gasteiger partial charge is 0.368 e. The molecule has 1 heterocycles. The molecule has 0 spiro atoms. The molecule has 1 amide bonds. The van der Waals surface area contributed by atoms with Crippen molar-refractivity contribution in [1.29, 1.82) is 0 Å². The highest BCUT2D eigenvalue weighted by molar-refractivity contribution is 5.86. The Bertz CT molecular complexity index is 595. The summed E-state index contributed by atoms with van der Waals surface area (Å²) in [6.45, 7) is 5.70. The van der Waals surface area contributed by atoms with Gasteiger partial charge in [0.15, 0.2) is 0 Å². The molecule has 0 radical (unpaired) electrons. The molecule has 7 nitrogen and oxygen atoms in total. The molecule has 3 N–H and O–H groups in total. The summed E-state index contributed by atoms with van der Waals surface area (Å²) in [5.74, 6) is -0.430. The van der Waals surface area contributed by atoms with Crippen molar-refractivity contribution in [3.63, 3.8) is 0 Å². The standard InChI is InChI=1S/C13H18N6O/c1-9(2)16-13(3,12(14)20)10-5-4-6-11(7-10)19-8-15-17-18-19/h4-9,16H,1-3H3,(H2,14,20). The van der Waals surface area contributed by atoms with Crippen LogP contribution in [0.1, 0.15) is 26.3 Å². The first kappa shape index (κ1) is 14.1. The summed E-state index contributed by atoms with van der Waals surface area (Å²) in [7, 11) is 0. The minimum absolute atomic E-state index is 0.115. The zero-order chi connectivity index (χ0) is 14.8. The Hall–Kier alpha value is -2.28. The molecular weight excluding hydrogens is 256 g/mol. The fourth-order valence-corrected chi connectivity index (χ4v) is 2.11. The number of nitrogens with zero attached hydrogens (tertiary/aromatic N) is 4. The number of benzene rings is 1. The molecule has 0 bridgehead atoms. The summed E-state index contributed by atoms with van der Waals surface area (Å²) in [5, 5.41) is 14.2. The molecule has 1 aromatic carbocycles. The van der Waals surface area contributed by atoms with Gasteiger partial charge in [0.25, 0.3) is 0 Å². The molecule has 106 valence electrons. The Labute approximate surface area is 117 Å². The van der Waals surface area contributed by atoms with Crippen molar-refractivity contribution in [2.24, 2.45) is 5.73 Å². The van der Waals surface area contributed by atoms with Gasteiger partial charge >= 0.3 is 0 Å². The first-order valence-corrected chi connectivity index (χ1v) is 6.35. The number of hydrogen-bond donors (Lipinski definition) is 2. The molecule has 1 aromatic heterocycles. The van der Waals surface area contributed by atoms with Gasteiger partial charge in [0.1, 0.15) is 11.9 Å². The van der Waals surface area contributed by atoms with E-state index in [1.807, 2.05) is 38.1 Å². The van der Waals surface area contributed by atoms with Gasteiger partial charge in [0.2, 0.25) is 5.91 Å². The quantitative estimate of drug-likeness (QED) is 0.820. The second kappa shape index (κ2) is 5.38. The van der Waals surface area contributed by atoms with Gasteiger partial charge in [0, 0.05) is 6.04 Å². The average Bonchev–Trinajstić information content (AvgIpc) is 2.91. The minimum atomic E-state index is -0.946. The second-order valence-electron chi connectivity index (χ2n) is 5.09. The predicted molar refractivity (Wildman–Crippen MR) is 74.0 cm³/mol. The van der Waals surface area contributed by atoms with Crippen LogP contribution < -0.4 is 11.1 Å². The normalized spacial score (nSPS) is 14.2. The summed E-state index contributed by atoms with van der Waals surface area (Å²) in [6.07, 6.45) is 1.50. The molecule has 20 heavy (non-hydrogen) atoms. The van der Waals surface area contributed by atoms with Gasteiger partial charge < -0.3 is 5.73 Å². The Kier molecular flexibility index (Phi) is 3.80.